The number of aromatic nitrogens is 1. The van der Waals surface area contributed by atoms with Crippen LogP contribution >= 0.6 is 0 Å². The highest BCUT2D eigenvalue weighted by Gasteiger charge is 2.28. The lowest BCUT2D eigenvalue weighted by molar-refractivity contribution is 0.0683. The van der Waals surface area contributed by atoms with E-state index >= 15 is 0 Å². The van der Waals surface area contributed by atoms with Crippen LogP contribution in [-0.4, -0.2) is 29.4 Å². The first-order valence-electron chi connectivity index (χ1n) is 9.56. The number of benzene rings is 2. The Labute approximate surface area is 159 Å². The van der Waals surface area contributed by atoms with Gasteiger partial charge in [0.05, 0.1) is 18.7 Å². The summed E-state index contributed by atoms with van der Waals surface area (Å²) in [5.74, 6) is 0.932. The number of carbonyl (C=O) groups excluding carboxylic acids is 1. The molecule has 1 saturated heterocycles. The minimum Gasteiger partial charge on any atom is -0.497 e. The predicted octanol–water partition coefficient (Wildman–Crippen LogP) is 5.00. The molecule has 4 nitrogen and oxygen atoms in total. The number of fused-ring (bicyclic) bond motifs is 1. The number of likely N-dealkylation sites (tertiary alicyclic amines) is 1. The van der Waals surface area contributed by atoms with Crippen molar-refractivity contribution in [2.75, 3.05) is 13.7 Å². The van der Waals surface area contributed by atoms with E-state index in [9.17, 15) is 4.79 Å². The minimum absolute atomic E-state index is 0.0938. The van der Waals surface area contributed by atoms with Gasteiger partial charge in [-0.2, -0.15) is 0 Å². The monoisotopic (exact) mass is 360 g/mol. The van der Waals surface area contributed by atoms with E-state index in [1.807, 2.05) is 42.5 Å². The molecule has 138 valence electrons. The van der Waals surface area contributed by atoms with E-state index in [0.29, 0.717) is 0 Å². The first kappa shape index (κ1) is 17.5. The number of ether oxygens (including phenoxy) is 1. The van der Waals surface area contributed by atoms with Gasteiger partial charge in [-0.3, -0.25) is 9.78 Å². The average Bonchev–Trinajstić information content (AvgIpc) is 2.99. The van der Waals surface area contributed by atoms with Gasteiger partial charge in [0.15, 0.2) is 0 Å². The molecule has 0 aliphatic carbocycles. The number of hydrogen-bond acceptors (Lipinski definition) is 3. The highest BCUT2D eigenvalue weighted by Crippen LogP contribution is 2.33. The normalized spacial score (nSPS) is 17.5. The van der Waals surface area contributed by atoms with Gasteiger partial charge in [0.2, 0.25) is 0 Å². The molecule has 4 heteroatoms. The fourth-order valence-corrected chi connectivity index (χ4v) is 3.97. The molecule has 0 saturated carbocycles. The van der Waals surface area contributed by atoms with E-state index in [2.05, 4.69) is 22.0 Å². The van der Waals surface area contributed by atoms with Crippen molar-refractivity contribution in [2.45, 2.75) is 31.7 Å². The largest absolute Gasteiger partial charge is 0.497 e. The predicted molar refractivity (Wildman–Crippen MR) is 107 cm³/mol. The maximum Gasteiger partial charge on any atom is 0.255 e. The second kappa shape index (κ2) is 7.78. The summed E-state index contributed by atoms with van der Waals surface area (Å²) in [4.78, 5) is 20.0. The molecule has 1 aliphatic heterocycles. The zero-order valence-electron chi connectivity index (χ0n) is 15.6. The molecule has 2 heterocycles. The fraction of sp³-hybridized carbons (Fsp3) is 0.304. The van der Waals surface area contributed by atoms with Crippen molar-refractivity contribution in [2.24, 2.45) is 0 Å². The summed E-state index contributed by atoms with van der Waals surface area (Å²) in [7, 11) is 1.67. The van der Waals surface area contributed by atoms with E-state index in [1.165, 1.54) is 5.56 Å². The number of nitrogens with zero attached hydrogens (tertiary/aromatic N) is 2. The molecule has 0 radical (unpaired) electrons. The Balaban J connectivity index is 1.72. The van der Waals surface area contributed by atoms with Crippen LogP contribution in [0.1, 0.15) is 47.6 Å². The summed E-state index contributed by atoms with van der Waals surface area (Å²) < 4.78 is 5.29. The topological polar surface area (TPSA) is 42.4 Å². The molecule has 2 aromatic carbocycles. The van der Waals surface area contributed by atoms with Crippen LogP contribution in [0.5, 0.6) is 5.75 Å². The van der Waals surface area contributed by atoms with Crippen LogP contribution in [-0.2, 0) is 0 Å². The third-order valence-corrected chi connectivity index (χ3v) is 5.39. The van der Waals surface area contributed by atoms with Gasteiger partial charge in [-0.15, -0.1) is 0 Å². The molecule has 0 bridgehead atoms. The number of pyridine rings is 1. The highest BCUT2D eigenvalue weighted by molar-refractivity contribution is 6.06. The van der Waals surface area contributed by atoms with Crippen LogP contribution in [0.25, 0.3) is 10.9 Å². The summed E-state index contributed by atoms with van der Waals surface area (Å²) in [6.45, 7) is 0.784. The molecule has 0 unspecified atom stereocenters. The zero-order valence-corrected chi connectivity index (χ0v) is 15.6. The fourth-order valence-electron chi connectivity index (χ4n) is 3.97. The third-order valence-electron chi connectivity index (χ3n) is 5.39. The van der Waals surface area contributed by atoms with Crippen molar-refractivity contribution in [3.8, 4) is 5.75 Å². The van der Waals surface area contributed by atoms with Crippen LogP contribution in [0.3, 0.4) is 0 Å². The second-order valence-corrected chi connectivity index (χ2v) is 7.01. The number of rotatable bonds is 3. The van der Waals surface area contributed by atoms with E-state index in [1.54, 1.807) is 13.3 Å². The lowest BCUT2D eigenvalue weighted by Crippen LogP contribution is -2.35. The average molecular weight is 360 g/mol. The Morgan fingerprint density at radius 1 is 1.04 bits per heavy atom. The Kier molecular flexibility index (Phi) is 5.05. The lowest BCUT2D eigenvalue weighted by Gasteiger charge is -2.31. The van der Waals surface area contributed by atoms with Crippen molar-refractivity contribution in [3.05, 3.63) is 71.9 Å². The van der Waals surface area contributed by atoms with Gasteiger partial charge in [-0.1, -0.05) is 37.1 Å². The Morgan fingerprint density at radius 3 is 2.70 bits per heavy atom. The maximum atomic E-state index is 13.5. The van der Waals surface area contributed by atoms with E-state index in [4.69, 9.17) is 4.74 Å². The Morgan fingerprint density at radius 2 is 1.89 bits per heavy atom. The number of hydrogen-bond donors (Lipinski definition) is 0. The molecular weight excluding hydrogens is 336 g/mol. The first-order chi connectivity index (χ1) is 13.3. The van der Waals surface area contributed by atoms with Gasteiger partial charge in [0.1, 0.15) is 5.75 Å². The number of carbonyl (C=O) groups is 1. The maximum absolute atomic E-state index is 13.5. The van der Waals surface area contributed by atoms with Gasteiger partial charge >= 0.3 is 0 Å². The van der Waals surface area contributed by atoms with Crippen molar-refractivity contribution >= 4 is 16.8 Å². The zero-order chi connectivity index (χ0) is 18.6. The van der Waals surface area contributed by atoms with Crippen molar-refractivity contribution < 1.29 is 9.53 Å². The molecular formula is C23H24N2O2. The summed E-state index contributed by atoms with van der Waals surface area (Å²) in [5.41, 5.74) is 2.77. The molecule has 1 amide bonds. The summed E-state index contributed by atoms with van der Waals surface area (Å²) in [6.07, 6.45) is 6.09. The molecule has 27 heavy (non-hydrogen) atoms. The summed E-state index contributed by atoms with van der Waals surface area (Å²) >= 11 is 0. The van der Waals surface area contributed by atoms with Crippen LogP contribution < -0.4 is 4.74 Å². The summed E-state index contributed by atoms with van der Waals surface area (Å²) in [6, 6.07) is 17.9. The molecule has 0 spiro atoms. The molecule has 1 fully saturated rings. The van der Waals surface area contributed by atoms with Crippen LogP contribution in [0.2, 0.25) is 0 Å². The van der Waals surface area contributed by atoms with Crippen molar-refractivity contribution in [1.82, 2.24) is 9.88 Å². The van der Waals surface area contributed by atoms with Crippen molar-refractivity contribution in [3.63, 3.8) is 0 Å². The molecule has 3 aromatic rings. The summed E-state index contributed by atoms with van der Waals surface area (Å²) in [5, 5.41) is 0.919. The minimum atomic E-state index is 0.0938. The molecule has 4 rings (SSSR count). The Hall–Kier alpha value is -2.88. The van der Waals surface area contributed by atoms with E-state index in [-0.39, 0.29) is 11.9 Å². The van der Waals surface area contributed by atoms with Gasteiger partial charge in [-0.05, 0) is 48.7 Å². The van der Waals surface area contributed by atoms with Crippen molar-refractivity contribution in [1.29, 1.82) is 0 Å². The van der Waals surface area contributed by atoms with Crippen LogP contribution in [0, 0.1) is 0 Å². The first-order valence-corrected chi connectivity index (χ1v) is 9.56. The Bertz CT molecular complexity index is 931. The standard InChI is InChI=1S/C23H24N2O2/c1-27-18-13-11-17(12-14-18)22-10-3-2-4-16-25(22)23(26)20-7-5-9-21-19(20)8-6-15-24-21/h5-9,11-15,22H,2-4,10,16H2,1H3/t22-/m0/s1. The molecule has 1 aromatic heterocycles. The van der Waals surface area contributed by atoms with Crippen LogP contribution in [0.4, 0.5) is 0 Å². The van der Waals surface area contributed by atoms with E-state index in [0.717, 1.165) is 54.4 Å². The second-order valence-electron chi connectivity index (χ2n) is 7.01. The third kappa shape index (κ3) is 3.52. The highest BCUT2D eigenvalue weighted by atomic mass is 16.5. The van der Waals surface area contributed by atoms with Crippen LogP contribution in [0.15, 0.2) is 60.8 Å². The smallest absolute Gasteiger partial charge is 0.255 e. The number of methoxy groups -OCH3 is 1. The molecule has 0 N–H and O–H groups in total. The molecule has 1 atom stereocenters. The SMILES string of the molecule is COc1ccc([C@@H]2CCCCCN2C(=O)c2cccc3ncccc23)cc1. The van der Waals surface area contributed by atoms with Gasteiger partial charge in [0, 0.05) is 23.7 Å². The molecule has 1 aliphatic rings. The van der Waals surface area contributed by atoms with E-state index < -0.39 is 0 Å². The van der Waals surface area contributed by atoms with Gasteiger partial charge in [-0.25, -0.2) is 0 Å². The number of amides is 1. The van der Waals surface area contributed by atoms with Gasteiger partial charge in [0.25, 0.3) is 5.91 Å². The quantitative estimate of drug-likeness (QED) is 0.660. The van der Waals surface area contributed by atoms with Gasteiger partial charge < -0.3 is 9.64 Å². The lowest BCUT2D eigenvalue weighted by atomic mass is 9.99.